The Morgan fingerprint density at radius 1 is 1.11 bits per heavy atom. The van der Waals surface area contributed by atoms with Crippen LogP contribution in [0, 0.1) is 0 Å². The van der Waals surface area contributed by atoms with E-state index in [1.165, 1.54) is 16.9 Å². The Balaban J connectivity index is 1.95. The number of nitrogens with one attached hydrogen (secondary N) is 2. The van der Waals surface area contributed by atoms with Gasteiger partial charge < -0.3 is 15.0 Å². The van der Waals surface area contributed by atoms with Gasteiger partial charge >= 0.3 is 0 Å². The molecule has 0 spiro atoms. The number of thiophene rings is 1. The number of methoxy groups -OCH3 is 1. The number of pyridine rings is 1. The van der Waals surface area contributed by atoms with E-state index >= 15 is 0 Å². The van der Waals surface area contributed by atoms with Crippen molar-refractivity contribution in [1.29, 1.82) is 0 Å². The van der Waals surface area contributed by atoms with Crippen molar-refractivity contribution in [3.8, 4) is 16.9 Å². The van der Waals surface area contributed by atoms with Gasteiger partial charge in [-0.25, -0.2) is 0 Å². The fourth-order valence-corrected chi connectivity index (χ4v) is 4.71. The molecule has 5 heteroatoms. The Morgan fingerprint density at radius 2 is 1.89 bits per heavy atom. The molecule has 4 nitrogen and oxygen atoms in total. The van der Waals surface area contributed by atoms with Gasteiger partial charge in [0.25, 0.3) is 5.56 Å². The summed E-state index contributed by atoms with van der Waals surface area (Å²) in [5, 5.41) is 7.49. The average molecular weight is 393 g/mol. The van der Waals surface area contributed by atoms with Gasteiger partial charge in [-0.15, -0.1) is 11.3 Å². The van der Waals surface area contributed by atoms with Crippen molar-refractivity contribution in [3.63, 3.8) is 0 Å². The van der Waals surface area contributed by atoms with Crippen LogP contribution in [0.1, 0.15) is 31.9 Å². The molecule has 0 fully saturated rings. The van der Waals surface area contributed by atoms with Crippen LogP contribution in [0.4, 0.5) is 0 Å². The lowest BCUT2D eigenvalue weighted by molar-refractivity contribution is 0.417. The highest BCUT2D eigenvalue weighted by molar-refractivity contribution is 7.17. The molecule has 2 aromatic carbocycles. The second kappa shape index (κ2) is 7.78. The first kappa shape index (κ1) is 18.7. The van der Waals surface area contributed by atoms with E-state index in [0.29, 0.717) is 6.04 Å². The monoisotopic (exact) mass is 392 g/mol. The van der Waals surface area contributed by atoms with Gasteiger partial charge in [0.15, 0.2) is 0 Å². The average Bonchev–Trinajstić information content (AvgIpc) is 3.22. The third kappa shape index (κ3) is 3.11. The van der Waals surface area contributed by atoms with Crippen LogP contribution < -0.4 is 15.6 Å². The van der Waals surface area contributed by atoms with Gasteiger partial charge in [-0.1, -0.05) is 38.1 Å². The van der Waals surface area contributed by atoms with E-state index < -0.39 is 0 Å². The molecule has 0 radical (unpaired) electrons. The van der Waals surface area contributed by atoms with Crippen LogP contribution in [0.2, 0.25) is 0 Å². The quantitative estimate of drug-likeness (QED) is 0.457. The number of ether oxygens (including phenoxy) is 1. The summed E-state index contributed by atoms with van der Waals surface area (Å²) in [6.45, 7) is 5.27. The molecule has 4 rings (SSSR count). The largest absolute Gasteiger partial charge is 0.496 e. The zero-order valence-electron chi connectivity index (χ0n) is 16.3. The van der Waals surface area contributed by atoms with Crippen LogP contribution in [0.15, 0.2) is 52.6 Å². The van der Waals surface area contributed by atoms with E-state index in [2.05, 4.69) is 48.4 Å². The van der Waals surface area contributed by atoms with Crippen molar-refractivity contribution in [3.05, 3.63) is 63.8 Å². The highest BCUT2D eigenvalue weighted by atomic mass is 32.1. The van der Waals surface area contributed by atoms with Gasteiger partial charge in [0.05, 0.1) is 7.11 Å². The molecule has 28 heavy (non-hydrogen) atoms. The summed E-state index contributed by atoms with van der Waals surface area (Å²) >= 11 is 1.47. The maximum absolute atomic E-state index is 12.4. The standard InChI is InChI=1S/C23H24N2O2S/c1-4-17(24-5-2)14-6-8-15(9-7-14)20-19(27-3)11-10-18-21(20)16-12-13-28-22(16)23(26)25-18/h6-13,17,24H,4-5H2,1-3H3,(H,25,26). The van der Waals surface area contributed by atoms with Gasteiger partial charge in [-0.05, 0) is 47.7 Å². The molecule has 0 saturated carbocycles. The van der Waals surface area contributed by atoms with Gasteiger partial charge in [-0.3, -0.25) is 4.79 Å². The van der Waals surface area contributed by atoms with Crippen molar-refractivity contribution in [2.75, 3.05) is 13.7 Å². The van der Waals surface area contributed by atoms with Crippen molar-refractivity contribution >= 4 is 32.3 Å². The molecular formula is C23H24N2O2S. The number of rotatable bonds is 6. The van der Waals surface area contributed by atoms with E-state index in [0.717, 1.165) is 50.8 Å². The van der Waals surface area contributed by atoms with Crippen molar-refractivity contribution in [1.82, 2.24) is 10.3 Å². The third-order valence-electron chi connectivity index (χ3n) is 5.24. The van der Waals surface area contributed by atoms with Crippen LogP contribution in [0.3, 0.4) is 0 Å². The van der Waals surface area contributed by atoms with Gasteiger partial charge in [0, 0.05) is 27.9 Å². The minimum atomic E-state index is -0.0413. The highest BCUT2D eigenvalue weighted by Gasteiger charge is 2.17. The number of hydrogen-bond acceptors (Lipinski definition) is 4. The predicted octanol–water partition coefficient (Wildman–Crippen LogP) is 5.48. The second-order valence-corrected chi connectivity index (χ2v) is 7.74. The lowest BCUT2D eigenvalue weighted by atomic mass is 9.95. The van der Waals surface area contributed by atoms with E-state index in [9.17, 15) is 4.79 Å². The van der Waals surface area contributed by atoms with Crippen LogP contribution in [-0.4, -0.2) is 18.6 Å². The normalized spacial score (nSPS) is 12.5. The van der Waals surface area contributed by atoms with Crippen LogP contribution >= 0.6 is 11.3 Å². The zero-order valence-corrected chi connectivity index (χ0v) is 17.2. The molecule has 144 valence electrons. The molecule has 0 amide bonds. The first-order valence-electron chi connectivity index (χ1n) is 9.61. The SMILES string of the molecule is CCNC(CC)c1ccc(-c2c(OC)ccc3[nH]c(=O)c4sccc4c23)cc1. The molecule has 0 aliphatic heterocycles. The third-order valence-corrected chi connectivity index (χ3v) is 6.15. The summed E-state index contributed by atoms with van der Waals surface area (Å²) in [5.74, 6) is 0.804. The summed E-state index contributed by atoms with van der Waals surface area (Å²) < 4.78 is 6.45. The molecule has 4 aromatic rings. The molecule has 1 unspecified atom stereocenters. The van der Waals surface area contributed by atoms with Crippen molar-refractivity contribution in [2.45, 2.75) is 26.3 Å². The van der Waals surface area contributed by atoms with Crippen LogP contribution in [0.25, 0.3) is 32.1 Å². The summed E-state index contributed by atoms with van der Waals surface area (Å²) in [6, 6.07) is 14.9. The smallest absolute Gasteiger partial charge is 0.266 e. The maximum Gasteiger partial charge on any atom is 0.266 e. The molecule has 0 aliphatic rings. The molecule has 0 aliphatic carbocycles. The number of H-pyrrole nitrogens is 1. The molecule has 1 atom stereocenters. The Hall–Kier alpha value is -2.63. The summed E-state index contributed by atoms with van der Waals surface area (Å²) in [7, 11) is 1.69. The first-order valence-corrected chi connectivity index (χ1v) is 10.5. The predicted molar refractivity (Wildman–Crippen MR) is 119 cm³/mol. The van der Waals surface area contributed by atoms with E-state index in [4.69, 9.17) is 4.74 Å². The summed E-state index contributed by atoms with van der Waals surface area (Å²) in [5.41, 5.74) is 4.16. The Kier molecular flexibility index (Phi) is 5.20. The van der Waals surface area contributed by atoms with E-state index in [1.807, 2.05) is 23.6 Å². The summed E-state index contributed by atoms with van der Waals surface area (Å²) in [4.78, 5) is 15.4. The number of hydrogen-bond donors (Lipinski definition) is 2. The first-order chi connectivity index (χ1) is 13.7. The minimum Gasteiger partial charge on any atom is -0.496 e. The Morgan fingerprint density at radius 3 is 2.57 bits per heavy atom. The summed E-state index contributed by atoms with van der Waals surface area (Å²) in [6.07, 6.45) is 1.04. The van der Waals surface area contributed by atoms with Crippen LogP contribution in [0.5, 0.6) is 5.75 Å². The van der Waals surface area contributed by atoms with Gasteiger partial charge in [0.1, 0.15) is 10.4 Å². The molecule has 0 bridgehead atoms. The Bertz CT molecular complexity index is 1180. The minimum absolute atomic E-state index is 0.0413. The number of fused-ring (bicyclic) bond motifs is 3. The lowest BCUT2D eigenvalue weighted by Crippen LogP contribution is -2.19. The van der Waals surface area contributed by atoms with Crippen molar-refractivity contribution in [2.24, 2.45) is 0 Å². The second-order valence-electron chi connectivity index (χ2n) is 6.82. The molecule has 2 heterocycles. The number of benzene rings is 2. The van der Waals surface area contributed by atoms with Crippen LogP contribution in [-0.2, 0) is 0 Å². The highest BCUT2D eigenvalue weighted by Crippen LogP contribution is 2.40. The molecule has 2 aromatic heterocycles. The van der Waals surface area contributed by atoms with Gasteiger partial charge in [0.2, 0.25) is 0 Å². The molecule has 0 saturated heterocycles. The maximum atomic E-state index is 12.4. The van der Waals surface area contributed by atoms with E-state index in [1.54, 1.807) is 7.11 Å². The lowest BCUT2D eigenvalue weighted by Gasteiger charge is -2.18. The van der Waals surface area contributed by atoms with Crippen molar-refractivity contribution < 1.29 is 4.74 Å². The zero-order chi connectivity index (χ0) is 19.7. The number of aromatic nitrogens is 1. The topological polar surface area (TPSA) is 54.1 Å². The number of aromatic amines is 1. The fourth-order valence-electron chi connectivity index (χ4n) is 3.91. The fraction of sp³-hybridized carbons (Fsp3) is 0.261. The molecular weight excluding hydrogens is 368 g/mol. The molecule has 2 N–H and O–H groups in total. The Labute approximate surface area is 168 Å². The van der Waals surface area contributed by atoms with Gasteiger partial charge in [-0.2, -0.15) is 0 Å². The van der Waals surface area contributed by atoms with E-state index in [-0.39, 0.29) is 5.56 Å².